The molecule has 0 saturated carbocycles. The molecular formula is C26H25N3O5. The highest BCUT2D eigenvalue weighted by Gasteiger charge is 2.29. The molecule has 0 bridgehead atoms. The fraction of sp³-hybridized carbons (Fsp3) is 0.231. The van der Waals surface area contributed by atoms with Gasteiger partial charge in [-0.25, -0.2) is 9.59 Å². The molecule has 3 N–H and O–H groups in total. The van der Waals surface area contributed by atoms with Crippen molar-refractivity contribution in [3.63, 3.8) is 0 Å². The van der Waals surface area contributed by atoms with Gasteiger partial charge in [0.15, 0.2) is 0 Å². The zero-order valence-electron chi connectivity index (χ0n) is 18.7. The number of hydrogen-bond donors (Lipinski definition) is 3. The van der Waals surface area contributed by atoms with Crippen molar-refractivity contribution in [2.45, 2.75) is 31.8 Å². The lowest BCUT2D eigenvalue weighted by atomic mass is 9.98. The smallest absolute Gasteiger partial charge is 0.407 e. The van der Waals surface area contributed by atoms with Crippen molar-refractivity contribution in [3.05, 3.63) is 89.2 Å². The molecule has 34 heavy (non-hydrogen) atoms. The minimum Gasteiger partial charge on any atom is -0.480 e. The summed E-state index contributed by atoms with van der Waals surface area (Å²) in [6.07, 6.45) is 1.11. The number of carboxylic acid groups (broad SMARTS) is 1. The van der Waals surface area contributed by atoms with E-state index in [0.29, 0.717) is 5.69 Å². The molecule has 1 aliphatic carbocycles. The first kappa shape index (κ1) is 23.0. The monoisotopic (exact) mass is 459 g/mol. The molecule has 1 atom stereocenters. The molecule has 8 heteroatoms. The first-order valence-corrected chi connectivity index (χ1v) is 11.1. The molecule has 0 radical (unpaired) electrons. The zero-order chi connectivity index (χ0) is 24.1. The molecule has 0 fully saturated rings. The van der Waals surface area contributed by atoms with Crippen LogP contribution in [0.25, 0.3) is 11.1 Å². The number of nitrogens with one attached hydrogen (secondary N) is 2. The molecule has 4 rings (SSSR count). The van der Waals surface area contributed by atoms with Gasteiger partial charge in [-0.1, -0.05) is 55.5 Å². The molecular weight excluding hydrogens is 434 g/mol. The van der Waals surface area contributed by atoms with Crippen molar-refractivity contribution in [1.29, 1.82) is 0 Å². The maximum Gasteiger partial charge on any atom is 0.407 e. The van der Waals surface area contributed by atoms with Crippen molar-refractivity contribution in [1.82, 2.24) is 15.6 Å². The number of aromatic nitrogens is 1. The Kier molecular flexibility index (Phi) is 6.87. The Labute approximate surface area is 197 Å². The summed E-state index contributed by atoms with van der Waals surface area (Å²) in [4.78, 5) is 40.0. The Hall–Kier alpha value is -4.20. The van der Waals surface area contributed by atoms with E-state index in [0.717, 1.165) is 22.3 Å². The Morgan fingerprint density at radius 2 is 1.68 bits per heavy atom. The van der Waals surface area contributed by atoms with Crippen LogP contribution >= 0.6 is 0 Å². The number of pyridine rings is 1. The van der Waals surface area contributed by atoms with Gasteiger partial charge >= 0.3 is 12.1 Å². The third-order valence-corrected chi connectivity index (χ3v) is 5.85. The van der Waals surface area contributed by atoms with Gasteiger partial charge in [-0.05, 0) is 40.8 Å². The van der Waals surface area contributed by atoms with E-state index in [1.165, 1.54) is 18.3 Å². The van der Waals surface area contributed by atoms with Crippen molar-refractivity contribution in [3.8, 4) is 11.1 Å². The average molecular weight is 460 g/mol. The van der Waals surface area contributed by atoms with E-state index in [4.69, 9.17) is 9.84 Å². The summed E-state index contributed by atoms with van der Waals surface area (Å²) in [6.45, 7) is 1.94. The number of carbonyl (C=O) groups is 3. The summed E-state index contributed by atoms with van der Waals surface area (Å²) >= 11 is 0. The number of rotatable bonds is 8. The van der Waals surface area contributed by atoms with Gasteiger partial charge in [0.1, 0.15) is 12.6 Å². The maximum absolute atomic E-state index is 12.4. The molecule has 8 nitrogen and oxygen atoms in total. The number of carbonyl (C=O) groups excluding carboxylic acids is 2. The number of carboxylic acids is 1. The number of amides is 2. The number of alkyl carbamates (subject to hydrolysis) is 1. The summed E-state index contributed by atoms with van der Waals surface area (Å²) < 4.78 is 5.51. The van der Waals surface area contributed by atoms with Crippen LogP contribution in [0.1, 0.15) is 46.4 Å². The third-order valence-electron chi connectivity index (χ3n) is 5.85. The second-order valence-corrected chi connectivity index (χ2v) is 7.99. The minimum atomic E-state index is -1.10. The van der Waals surface area contributed by atoms with Crippen molar-refractivity contribution in [2.75, 3.05) is 6.61 Å². The molecule has 2 amide bonds. The predicted molar refractivity (Wildman–Crippen MR) is 125 cm³/mol. The Morgan fingerprint density at radius 1 is 1.03 bits per heavy atom. The Morgan fingerprint density at radius 3 is 2.29 bits per heavy atom. The summed E-state index contributed by atoms with van der Waals surface area (Å²) in [5.74, 6) is -1.65. The Bertz CT molecular complexity index is 1180. The highest BCUT2D eigenvalue weighted by Crippen LogP contribution is 2.44. The van der Waals surface area contributed by atoms with Gasteiger partial charge in [0.05, 0.1) is 12.2 Å². The molecule has 1 aromatic heterocycles. The van der Waals surface area contributed by atoms with E-state index in [1.807, 2.05) is 24.3 Å². The van der Waals surface area contributed by atoms with Crippen LogP contribution in [0.2, 0.25) is 0 Å². The topological polar surface area (TPSA) is 118 Å². The molecule has 0 unspecified atom stereocenters. The largest absolute Gasteiger partial charge is 0.480 e. The van der Waals surface area contributed by atoms with Crippen LogP contribution in [-0.4, -0.2) is 40.7 Å². The van der Waals surface area contributed by atoms with Gasteiger partial charge < -0.3 is 20.5 Å². The SMILES string of the molecule is CC[C@H](NC(=O)c1ccnc(CNC(=O)OCC2c3ccccc3-c3ccccc32)c1)C(=O)O. The van der Waals surface area contributed by atoms with E-state index in [-0.39, 0.29) is 31.1 Å². The van der Waals surface area contributed by atoms with E-state index < -0.39 is 24.0 Å². The number of fused-ring (bicyclic) bond motifs is 3. The Balaban J connectivity index is 1.34. The highest BCUT2D eigenvalue weighted by molar-refractivity contribution is 5.96. The lowest BCUT2D eigenvalue weighted by Gasteiger charge is -2.15. The third kappa shape index (κ3) is 4.91. The molecule has 1 aliphatic rings. The molecule has 0 aliphatic heterocycles. The summed E-state index contributed by atoms with van der Waals surface area (Å²) in [6, 6.07) is 18.2. The first-order valence-electron chi connectivity index (χ1n) is 11.1. The number of ether oxygens (including phenoxy) is 1. The molecule has 0 saturated heterocycles. The highest BCUT2D eigenvalue weighted by atomic mass is 16.5. The molecule has 3 aromatic rings. The first-order chi connectivity index (χ1) is 16.5. The van der Waals surface area contributed by atoms with Gasteiger partial charge in [-0.15, -0.1) is 0 Å². The minimum absolute atomic E-state index is 0.0379. The number of aliphatic carboxylic acids is 1. The van der Waals surface area contributed by atoms with Crippen molar-refractivity contribution in [2.24, 2.45) is 0 Å². The summed E-state index contributed by atoms with van der Waals surface area (Å²) in [5, 5.41) is 14.2. The van der Waals surface area contributed by atoms with Crippen LogP contribution in [0.3, 0.4) is 0 Å². The van der Waals surface area contributed by atoms with Crippen molar-refractivity contribution < 1.29 is 24.2 Å². The maximum atomic E-state index is 12.4. The zero-order valence-corrected chi connectivity index (χ0v) is 18.7. The van der Waals surface area contributed by atoms with Crippen LogP contribution < -0.4 is 10.6 Å². The predicted octanol–water partition coefficient (Wildman–Crippen LogP) is 3.71. The second kappa shape index (κ2) is 10.2. The van der Waals surface area contributed by atoms with Crippen LogP contribution in [0.15, 0.2) is 66.9 Å². The van der Waals surface area contributed by atoms with Gasteiger partial charge in [0.25, 0.3) is 5.91 Å². The molecule has 0 spiro atoms. The van der Waals surface area contributed by atoms with Gasteiger partial charge in [-0.2, -0.15) is 0 Å². The standard InChI is InChI=1S/C26H25N3O5/c1-2-23(25(31)32)29-24(30)16-11-12-27-17(13-16)14-28-26(33)34-15-22-20-9-5-3-7-18(20)19-8-4-6-10-21(19)22/h3-13,22-23H,2,14-15H2,1H3,(H,28,33)(H,29,30)(H,31,32)/t23-/m0/s1. The number of hydrogen-bond acceptors (Lipinski definition) is 5. The van der Waals surface area contributed by atoms with E-state index >= 15 is 0 Å². The number of benzene rings is 2. The van der Waals surface area contributed by atoms with Crippen LogP contribution in [0, 0.1) is 0 Å². The lowest BCUT2D eigenvalue weighted by Crippen LogP contribution is -2.40. The van der Waals surface area contributed by atoms with Gasteiger partial charge in [0, 0.05) is 17.7 Å². The molecule has 1 heterocycles. The van der Waals surface area contributed by atoms with E-state index in [1.54, 1.807) is 6.92 Å². The van der Waals surface area contributed by atoms with Crippen LogP contribution in [0.4, 0.5) is 4.79 Å². The fourth-order valence-electron chi connectivity index (χ4n) is 4.11. The van der Waals surface area contributed by atoms with Gasteiger partial charge in [-0.3, -0.25) is 9.78 Å². The van der Waals surface area contributed by atoms with Gasteiger partial charge in [0.2, 0.25) is 0 Å². The molecule has 174 valence electrons. The normalized spacial score (nSPS) is 12.9. The quantitative estimate of drug-likeness (QED) is 0.473. The van der Waals surface area contributed by atoms with Crippen LogP contribution in [0.5, 0.6) is 0 Å². The van der Waals surface area contributed by atoms with E-state index in [2.05, 4.69) is 39.9 Å². The van der Waals surface area contributed by atoms with Crippen molar-refractivity contribution >= 4 is 18.0 Å². The average Bonchev–Trinajstić information content (AvgIpc) is 3.18. The van der Waals surface area contributed by atoms with E-state index in [9.17, 15) is 14.4 Å². The molecule has 2 aromatic carbocycles. The number of nitrogens with zero attached hydrogens (tertiary/aromatic N) is 1. The fourth-order valence-corrected chi connectivity index (χ4v) is 4.11. The summed E-state index contributed by atoms with van der Waals surface area (Å²) in [7, 11) is 0. The lowest BCUT2D eigenvalue weighted by molar-refractivity contribution is -0.139. The summed E-state index contributed by atoms with van der Waals surface area (Å²) in [5.41, 5.74) is 5.27. The second-order valence-electron chi connectivity index (χ2n) is 7.99. The van der Waals surface area contributed by atoms with Crippen LogP contribution in [-0.2, 0) is 16.1 Å².